The van der Waals surface area contributed by atoms with Gasteiger partial charge in [-0.3, -0.25) is 4.79 Å². The first-order valence-corrected chi connectivity index (χ1v) is 11.3. The Kier molecular flexibility index (Phi) is 7.00. The van der Waals surface area contributed by atoms with Gasteiger partial charge in [0.2, 0.25) is 0 Å². The first kappa shape index (κ1) is 20.7. The van der Waals surface area contributed by atoms with Gasteiger partial charge in [0.15, 0.2) is 6.61 Å². The number of esters is 1. The highest BCUT2D eigenvalue weighted by molar-refractivity contribution is 7.98. The molecule has 0 unspecified atom stereocenters. The van der Waals surface area contributed by atoms with Crippen molar-refractivity contribution in [1.29, 1.82) is 5.26 Å². The molecule has 1 heterocycles. The summed E-state index contributed by atoms with van der Waals surface area (Å²) in [7, 11) is 0. The molecule has 28 heavy (non-hydrogen) atoms. The number of nitrogens with one attached hydrogen (secondary N) is 1. The van der Waals surface area contributed by atoms with Crippen molar-refractivity contribution >= 4 is 51.6 Å². The highest BCUT2D eigenvalue weighted by Crippen LogP contribution is 2.37. The Hall–Kier alpha value is -2.01. The normalized spacial score (nSPS) is 13.2. The maximum absolute atomic E-state index is 12.3. The maximum Gasteiger partial charge on any atom is 0.340 e. The summed E-state index contributed by atoms with van der Waals surface area (Å²) in [5, 5.41) is 13.1. The fraction of sp³-hybridized carbons (Fsp3) is 0.350. The molecule has 1 aromatic carbocycles. The Morgan fingerprint density at radius 1 is 1.32 bits per heavy atom. The Morgan fingerprint density at radius 2 is 2.11 bits per heavy atom. The van der Waals surface area contributed by atoms with Crippen molar-refractivity contribution < 1.29 is 14.3 Å². The minimum absolute atomic E-state index is 0.224. The molecule has 1 amide bonds. The lowest BCUT2D eigenvalue weighted by Gasteiger charge is -2.08. The molecule has 0 spiro atoms. The molecule has 5 nitrogen and oxygen atoms in total. The van der Waals surface area contributed by atoms with E-state index >= 15 is 0 Å². The molecule has 146 valence electrons. The van der Waals surface area contributed by atoms with Gasteiger partial charge in [0.05, 0.1) is 16.1 Å². The molecule has 3 rings (SSSR count). The zero-order valence-electron chi connectivity index (χ0n) is 15.3. The van der Waals surface area contributed by atoms with E-state index in [1.165, 1.54) is 28.0 Å². The summed E-state index contributed by atoms with van der Waals surface area (Å²) in [5.74, 6) is -1.13. The third kappa shape index (κ3) is 4.69. The molecule has 1 aromatic heterocycles. The number of nitrogens with zero attached hydrogens (tertiary/aromatic N) is 1. The quantitative estimate of drug-likeness (QED) is 0.404. The van der Waals surface area contributed by atoms with Gasteiger partial charge in [-0.1, -0.05) is 18.0 Å². The van der Waals surface area contributed by atoms with Gasteiger partial charge in [-0.2, -0.15) is 5.26 Å². The van der Waals surface area contributed by atoms with Crippen LogP contribution in [-0.2, 0) is 22.4 Å². The summed E-state index contributed by atoms with van der Waals surface area (Å²) in [4.78, 5) is 26.6. The molecule has 1 N–H and O–H groups in total. The van der Waals surface area contributed by atoms with Crippen LogP contribution < -0.4 is 5.32 Å². The van der Waals surface area contributed by atoms with Crippen molar-refractivity contribution in [2.45, 2.75) is 37.0 Å². The number of fused-ring (bicyclic) bond motifs is 1. The molecule has 0 saturated carbocycles. The predicted octanol–water partition coefficient (Wildman–Crippen LogP) is 5.06. The monoisotopic (exact) mass is 434 g/mol. The number of benzene rings is 1. The number of rotatable bonds is 5. The van der Waals surface area contributed by atoms with Gasteiger partial charge in [-0.25, -0.2) is 4.79 Å². The van der Waals surface area contributed by atoms with Crippen molar-refractivity contribution in [3.63, 3.8) is 0 Å². The van der Waals surface area contributed by atoms with E-state index in [-0.39, 0.29) is 10.6 Å². The molecule has 1 aliphatic carbocycles. The second kappa shape index (κ2) is 9.46. The number of ether oxygens (including phenoxy) is 1. The van der Waals surface area contributed by atoms with Gasteiger partial charge < -0.3 is 10.1 Å². The Morgan fingerprint density at radius 3 is 2.86 bits per heavy atom. The third-order valence-corrected chi connectivity index (χ3v) is 6.78. The van der Waals surface area contributed by atoms with E-state index in [2.05, 4.69) is 11.4 Å². The van der Waals surface area contributed by atoms with Crippen LogP contribution >= 0.6 is 34.7 Å². The van der Waals surface area contributed by atoms with E-state index in [9.17, 15) is 14.9 Å². The minimum Gasteiger partial charge on any atom is -0.452 e. The largest absolute Gasteiger partial charge is 0.452 e. The van der Waals surface area contributed by atoms with E-state index in [0.717, 1.165) is 42.6 Å². The molecule has 0 aliphatic heterocycles. The number of halogens is 1. The van der Waals surface area contributed by atoms with Crippen molar-refractivity contribution in [3.8, 4) is 6.07 Å². The molecule has 0 saturated heterocycles. The molecule has 0 fully saturated rings. The van der Waals surface area contributed by atoms with Crippen LogP contribution in [0.15, 0.2) is 23.1 Å². The molecule has 0 atom stereocenters. The average Bonchev–Trinajstić information content (AvgIpc) is 2.85. The number of aryl methyl sites for hydroxylation is 1. The predicted molar refractivity (Wildman–Crippen MR) is 112 cm³/mol. The lowest BCUT2D eigenvalue weighted by molar-refractivity contribution is -0.119. The van der Waals surface area contributed by atoms with Crippen LogP contribution in [0, 0.1) is 11.3 Å². The lowest BCUT2D eigenvalue weighted by atomic mass is 10.1. The number of carbonyl (C=O) groups excluding carboxylic acids is 2. The van der Waals surface area contributed by atoms with Crippen LogP contribution in [-0.4, -0.2) is 24.7 Å². The molecule has 8 heteroatoms. The summed E-state index contributed by atoms with van der Waals surface area (Å²) >= 11 is 8.99. The fourth-order valence-corrected chi connectivity index (χ4v) is 5.00. The highest BCUT2D eigenvalue weighted by atomic mass is 35.5. The summed E-state index contributed by atoms with van der Waals surface area (Å²) in [6.45, 7) is -0.438. The SMILES string of the molecule is CSc1ccc(Cl)c(C(=O)OCC(=O)Nc2sc3c(c2C#N)CCCCC3)c1. The topological polar surface area (TPSA) is 79.2 Å². The maximum atomic E-state index is 12.3. The van der Waals surface area contributed by atoms with Gasteiger partial charge in [-0.05, 0) is 55.7 Å². The van der Waals surface area contributed by atoms with E-state index in [0.29, 0.717) is 10.6 Å². The first-order valence-electron chi connectivity index (χ1n) is 8.88. The van der Waals surface area contributed by atoms with Gasteiger partial charge in [0.1, 0.15) is 11.1 Å². The van der Waals surface area contributed by atoms with Gasteiger partial charge >= 0.3 is 5.97 Å². The number of amides is 1. The number of carbonyl (C=O) groups is 2. The molecule has 0 radical (unpaired) electrons. The van der Waals surface area contributed by atoms with E-state index < -0.39 is 18.5 Å². The van der Waals surface area contributed by atoms with Crippen molar-refractivity contribution in [2.24, 2.45) is 0 Å². The number of nitriles is 1. The number of thiophene rings is 1. The summed E-state index contributed by atoms with van der Waals surface area (Å²) in [6.07, 6.45) is 7.00. The van der Waals surface area contributed by atoms with Crippen molar-refractivity contribution in [3.05, 3.63) is 44.8 Å². The van der Waals surface area contributed by atoms with Crippen molar-refractivity contribution in [2.75, 3.05) is 18.2 Å². The van der Waals surface area contributed by atoms with Crippen LogP contribution in [0.4, 0.5) is 5.00 Å². The zero-order chi connectivity index (χ0) is 20.1. The van der Waals surface area contributed by atoms with Crippen LogP contribution in [0.5, 0.6) is 0 Å². The van der Waals surface area contributed by atoms with Crippen LogP contribution in [0.2, 0.25) is 5.02 Å². The number of anilines is 1. The van der Waals surface area contributed by atoms with Gasteiger partial charge in [-0.15, -0.1) is 23.1 Å². The van der Waals surface area contributed by atoms with Crippen LogP contribution in [0.1, 0.15) is 45.6 Å². The van der Waals surface area contributed by atoms with Gasteiger partial charge in [0.25, 0.3) is 5.91 Å². The lowest BCUT2D eigenvalue weighted by Crippen LogP contribution is -2.21. The standard InChI is InChI=1S/C20H19ClN2O3S2/c1-27-12-7-8-16(21)14(9-12)20(25)26-11-18(24)23-19-15(10-22)13-5-3-2-4-6-17(13)28-19/h7-9H,2-6,11H2,1H3,(H,23,24). The van der Waals surface area contributed by atoms with Crippen LogP contribution in [0.3, 0.4) is 0 Å². The summed E-state index contributed by atoms with van der Waals surface area (Å²) in [5.41, 5.74) is 1.82. The molecular weight excluding hydrogens is 416 g/mol. The second-order valence-electron chi connectivity index (χ2n) is 6.35. The van der Waals surface area contributed by atoms with E-state index in [4.69, 9.17) is 16.3 Å². The number of hydrogen-bond donors (Lipinski definition) is 1. The van der Waals surface area contributed by atoms with Gasteiger partial charge in [0, 0.05) is 9.77 Å². The number of hydrogen-bond acceptors (Lipinski definition) is 6. The highest BCUT2D eigenvalue weighted by Gasteiger charge is 2.21. The first-order chi connectivity index (χ1) is 13.5. The average molecular weight is 435 g/mol. The molecule has 0 bridgehead atoms. The number of thioether (sulfide) groups is 1. The molecule has 1 aliphatic rings. The molecule has 2 aromatic rings. The third-order valence-electron chi connectivity index (χ3n) is 4.51. The Labute approximate surface area is 177 Å². The molecular formula is C20H19ClN2O3S2. The van der Waals surface area contributed by atoms with E-state index in [1.54, 1.807) is 18.2 Å². The Balaban J connectivity index is 1.65. The minimum atomic E-state index is -0.654. The van der Waals surface area contributed by atoms with Crippen LogP contribution in [0.25, 0.3) is 0 Å². The zero-order valence-corrected chi connectivity index (χ0v) is 17.7. The van der Waals surface area contributed by atoms with E-state index in [1.807, 2.05) is 6.26 Å². The van der Waals surface area contributed by atoms with Crippen molar-refractivity contribution in [1.82, 2.24) is 0 Å². The Bertz CT molecular complexity index is 950. The second-order valence-corrected chi connectivity index (χ2v) is 8.74. The smallest absolute Gasteiger partial charge is 0.340 e. The summed E-state index contributed by atoms with van der Waals surface area (Å²) in [6, 6.07) is 7.29. The summed E-state index contributed by atoms with van der Waals surface area (Å²) < 4.78 is 5.12. The fourth-order valence-electron chi connectivity index (χ4n) is 3.11.